The van der Waals surface area contributed by atoms with Gasteiger partial charge < -0.3 is 10.6 Å². The predicted octanol–water partition coefficient (Wildman–Crippen LogP) is 1.89. The van der Waals surface area contributed by atoms with E-state index in [4.69, 9.17) is 11.6 Å². The van der Waals surface area contributed by atoms with Crippen LogP contribution in [0.5, 0.6) is 0 Å². The Kier molecular flexibility index (Phi) is 4.73. The van der Waals surface area contributed by atoms with Gasteiger partial charge in [-0.25, -0.2) is 0 Å². The van der Waals surface area contributed by atoms with Gasteiger partial charge in [0.2, 0.25) is 5.91 Å². The molecule has 0 aliphatic carbocycles. The molecule has 1 aromatic heterocycles. The third-order valence-electron chi connectivity index (χ3n) is 4.40. The van der Waals surface area contributed by atoms with E-state index in [9.17, 15) is 4.79 Å². The minimum absolute atomic E-state index is 0.0376. The first-order chi connectivity index (χ1) is 10.3. The average molecular weight is 309 g/mol. The van der Waals surface area contributed by atoms with Crippen LogP contribution in [0.15, 0.2) is 18.5 Å². The van der Waals surface area contributed by atoms with Crippen molar-refractivity contribution in [2.75, 3.05) is 25.0 Å². The summed E-state index contributed by atoms with van der Waals surface area (Å²) >= 11 is 6.08. The van der Waals surface area contributed by atoms with Crippen molar-refractivity contribution >= 4 is 23.2 Å². The number of amides is 1. The van der Waals surface area contributed by atoms with Gasteiger partial charge in [-0.2, -0.15) is 0 Å². The second-order valence-corrected chi connectivity index (χ2v) is 6.13. The van der Waals surface area contributed by atoms with Crippen molar-refractivity contribution < 1.29 is 4.79 Å². The molecule has 0 aromatic carbocycles. The lowest BCUT2D eigenvalue weighted by Crippen LogP contribution is -2.49. The third-order valence-corrected chi connectivity index (χ3v) is 4.73. The number of aromatic nitrogens is 1. The lowest BCUT2D eigenvalue weighted by molar-refractivity contribution is -0.121. The standard InChI is InChI=1S/C15H21ClN4O/c16-12-5-8-18-10-13(12)19-15(21)14-2-1-9-20(14)11-3-6-17-7-4-11/h5,8,10-11,14,17H,1-4,6-7,9H2,(H,19,21). The Labute approximate surface area is 130 Å². The highest BCUT2D eigenvalue weighted by atomic mass is 35.5. The van der Waals surface area contributed by atoms with E-state index < -0.39 is 0 Å². The summed E-state index contributed by atoms with van der Waals surface area (Å²) in [6, 6.07) is 2.18. The van der Waals surface area contributed by atoms with Gasteiger partial charge in [-0.15, -0.1) is 0 Å². The Morgan fingerprint density at radius 3 is 2.95 bits per heavy atom. The van der Waals surface area contributed by atoms with E-state index in [-0.39, 0.29) is 11.9 Å². The molecule has 0 radical (unpaired) electrons. The zero-order valence-electron chi connectivity index (χ0n) is 12.0. The van der Waals surface area contributed by atoms with Crippen molar-refractivity contribution in [2.24, 2.45) is 0 Å². The van der Waals surface area contributed by atoms with Crippen molar-refractivity contribution in [2.45, 2.75) is 37.8 Å². The van der Waals surface area contributed by atoms with Gasteiger partial charge in [0.1, 0.15) is 0 Å². The molecule has 3 rings (SSSR count). The Bertz CT molecular complexity index is 504. The van der Waals surface area contributed by atoms with Crippen LogP contribution in [0.3, 0.4) is 0 Å². The molecule has 6 heteroatoms. The monoisotopic (exact) mass is 308 g/mol. The summed E-state index contributed by atoms with van der Waals surface area (Å²) in [5.74, 6) is 0.0425. The fourth-order valence-electron chi connectivity index (χ4n) is 3.33. The summed E-state index contributed by atoms with van der Waals surface area (Å²) in [5, 5.41) is 6.84. The molecule has 2 aliphatic rings. The number of anilines is 1. The zero-order valence-corrected chi connectivity index (χ0v) is 12.8. The molecule has 0 saturated carbocycles. The normalized spacial score (nSPS) is 24.1. The molecule has 1 unspecified atom stereocenters. The number of piperidine rings is 1. The van der Waals surface area contributed by atoms with E-state index >= 15 is 0 Å². The summed E-state index contributed by atoms with van der Waals surface area (Å²) in [6.45, 7) is 3.11. The van der Waals surface area contributed by atoms with Crippen LogP contribution in [0, 0.1) is 0 Å². The van der Waals surface area contributed by atoms with E-state index in [1.807, 2.05) is 0 Å². The van der Waals surface area contributed by atoms with Gasteiger partial charge in [0, 0.05) is 12.2 Å². The van der Waals surface area contributed by atoms with Gasteiger partial charge >= 0.3 is 0 Å². The summed E-state index contributed by atoms with van der Waals surface area (Å²) in [4.78, 5) is 19.0. The van der Waals surface area contributed by atoms with Gasteiger partial charge in [-0.3, -0.25) is 14.7 Å². The minimum atomic E-state index is -0.0376. The first-order valence-corrected chi connectivity index (χ1v) is 8.00. The minimum Gasteiger partial charge on any atom is -0.322 e. The van der Waals surface area contributed by atoms with Gasteiger partial charge in [-0.1, -0.05) is 11.6 Å². The Morgan fingerprint density at radius 1 is 1.38 bits per heavy atom. The molecule has 2 N–H and O–H groups in total. The third kappa shape index (κ3) is 3.36. The van der Waals surface area contributed by atoms with Crippen molar-refractivity contribution in [1.82, 2.24) is 15.2 Å². The van der Waals surface area contributed by atoms with E-state index in [1.54, 1.807) is 18.5 Å². The van der Waals surface area contributed by atoms with Crippen LogP contribution < -0.4 is 10.6 Å². The number of carbonyl (C=O) groups is 1. The number of rotatable bonds is 3. The fourth-order valence-corrected chi connectivity index (χ4v) is 3.48. The topological polar surface area (TPSA) is 57.3 Å². The second-order valence-electron chi connectivity index (χ2n) is 5.72. The van der Waals surface area contributed by atoms with Crippen molar-refractivity contribution in [1.29, 1.82) is 0 Å². The summed E-state index contributed by atoms with van der Waals surface area (Å²) in [6.07, 6.45) is 7.48. The molecule has 2 fully saturated rings. The van der Waals surface area contributed by atoms with Crippen LogP contribution in [0.25, 0.3) is 0 Å². The quantitative estimate of drug-likeness (QED) is 0.895. The molecule has 0 bridgehead atoms. The first-order valence-electron chi connectivity index (χ1n) is 7.62. The zero-order chi connectivity index (χ0) is 14.7. The number of halogens is 1. The van der Waals surface area contributed by atoms with Gasteiger partial charge in [0.15, 0.2) is 0 Å². The molecule has 1 amide bonds. The molecule has 114 valence electrons. The van der Waals surface area contributed by atoms with E-state index in [0.717, 1.165) is 45.3 Å². The maximum absolute atomic E-state index is 12.6. The first kappa shape index (κ1) is 14.8. The van der Waals surface area contributed by atoms with Crippen LogP contribution in [0.4, 0.5) is 5.69 Å². The molecular weight excluding hydrogens is 288 g/mol. The highest BCUT2D eigenvalue weighted by Gasteiger charge is 2.35. The van der Waals surface area contributed by atoms with Crippen molar-refractivity contribution in [3.8, 4) is 0 Å². The van der Waals surface area contributed by atoms with Crippen molar-refractivity contribution in [3.05, 3.63) is 23.5 Å². The smallest absolute Gasteiger partial charge is 0.241 e. The number of pyridine rings is 1. The predicted molar refractivity (Wildman–Crippen MR) is 83.5 cm³/mol. The summed E-state index contributed by atoms with van der Waals surface area (Å²) < 4.78 is 0. The van der Waals surface area contributed by atoms with Crippen LogP contribution in [-0.2, 0) is 4.79 Å². The molecular formula is C15H21ClN4O. The Balaban J connectivity index is 1.67. The molecule has 2 saturated heterocycles. The maximum Gasteiger partial charge on any atom is 0.241 e. The SMILES string of the molecule is O=C(Nc1cnccc1Cl)C1CCCN1C1CCNCC1. The fraction of sp³-hybridized carbons (Fsp3) is 0.600. The second kappa shape index (κ2) is 6.73. The molecule has 2 aliphatic heterocycles. The molecule has 21 heavy (non-hydrogen) atoms. The van der Waals surface area contributed by atoms with E-state index in [1.165, 1.54) is 0 Å². The number of carbonyl (C=O) groups excluding carboxylic acids is 1. The molecule has 1 atom stereocenters. The number of nitrogens with one attached hydrogen (secondary N) is 2. The van der Waals surface area contributed by atoms with E-state index in [0.29, 0.717) is 16.8 Å². The molecule has 5 nitrogen and oxygen atoms in total. The van der Waals surface area contributed by atoms with Gasteiger partial charge in [-0.05, 0) is 51.4 Å². The number of hydrogen-bond donors (Lipinski definition) is 2. The van der Waals surface area contributed by atoms with Crippen LogP contribution in [0.1, 0.15) is 25.7 Å². The van der Waals surface area contributed by atoms with Crippen LogP contribution in [-0.4, -0.2) is 47.5 Å². The molecule has 1 aromatic rings. The average Bonchev–Trinajstić information content (AvgIpc) is 3.00. The lowest BCUT2D eigenvalue weighted by Gasteiger charge is -2.35. The molecule has 3 heterocycles. The number of likely N-dealkylation sites (tertiary alicyclic amines) is 1. The highest BCUT2D eigenvalue weighted by molar-refractivity contribution is 6.33. The number of hydrogen-bond acceptors (Lipinski definition) is 4. The lowest BCUT2D eigenvalue weighted by atomic mass is 10.0. The van der Waals surface area contributed by atoms with Crippen LogP contribution >= 0.6 is 11.6 Å². The van der Waals surface area contributed by atoms with Gasteiger partial charge in [0.05, 0.1) is 22.9 Å². The van der Waals surface area contributed by atoms with E-state index in [2.05, 4.69) is 20.5 Å². The largest absolute Gasteiger partial charge is 0.322 e. The van der Waals surface area contributed by atoms with Crippen molar-refractivity contribution in [3.63, 3.8) is 0 Å². The maximum atomic E-state index is 12.6. The highest BCUT2D eigenvalue weighted by Crippen LogP contribution is 2.26. The Morgan fingerprint density at radius 2 is 2.19 bits per heavy atom. The number of nitrogens with zero attached hydrogens (tertiary/aromatic N) is 2. The Hall–Kier alpha value is -1.17. The molecule has 0 spiro atoms. The van der Waals surface area contributed by atoms with Crippen LogP contribution in [0.2, 0.25) is 5.02 Å². The summed E-state index contributed by atoms with van der Waals surface area (Å²) in [5.41, 5.74) is 0.598. The summed E-state index contributed by atoms with van der Waals surface area (Å²) in [7, 11) is 0. The van der Waals surface area contributed by atoms with Gasteiger partial charge in [0.25, 0.3) is 0 Å².